The minimum Gasteiger partial charge on any atom is -0.296 e. The van der Waals surface area contributed by atoms with E-state index in [1.54, 1.807) is 4.68 Å². The molecule has 1 aromatic rings. The lowest BCUT2D eigenvalue weighted by Crippen LogP contribution is -2.00. The third kappa shape index (κ3) is 0.725. The molecule has 4 heteroatoms. The van der Waals surface area contributed by atoms with E-state index in [4.69, 9.17) is 0 Å². The van der Waals surface area contributed by atoms with Crippen molar-refractivity contribution < 1.29 is 4.79 Å². The van der Waals surface area contributed by atoms with E-state index in [1.807, 2.05) is 0 Å². The summed E-state index contributed by atoms with van der Waals surface area (Å²) >= 11 is 0. The van der Waals surface area contributed by atoms with E-state index >= 15 is 0 Å². The van der Waals surface area contributed by atoms with Gasteiger partial charge in [0.2, 0.25) is 0 Å². The number of hydrogen-bond acceptors (Lipinski definition) is 3. The van der Waals surface area contributed by atoms with Gasteiger partial charge in [-0.05, 0) is 12.8 Å². The molecule has 0 atom stereocenters. The molecule has 0 aliphatic heterocycles. The van der Waals surface area contributed by atoms with Crippen molar-refractivity contribution in [2.75, 3.05) is 0 Å². The Balaban J connectivity index is 2.37. The number of carbonyl (C=O) groups excluding carboxylic acids is 1. The van der Waals surface area contributed by atoms with Gasteiger partial charge in [0.15, 0.2) is 6.29 Å². The summed E-state index contributed by atoms with van der Waals surface area (Å²) in [5.41, 5.74) is 0.586. The zero-order valence-electron chi connectivity index (χ0n) is 5.40. The van der Waals surface area contributed by atoms with E-state index < -0.39 is 0 Å². The molecule has 10 heavy (non-hydrogen) atoms. The summed E-state index contributed by atoms with van der Waals surface area (Å²) < 4.78 is 1.69. The van der Waals surface area contributed by atoms with Crippen LogP contribution in [0.15, 0.2) is 6.20 Å². The molecular formula is C6H7N3O. The van der Waals surface area contributed by atoms with Gasteiger partial charge in [-0.2, -0.15) is 0 Å². The molecule has 2 rings (SSSR count). The number of aromatic nitrogens is 3. The average Bonchev–Trinajstić information content (AvgIpc) is 2.69. The standard InChI is InChI=1S/C6H7N3O/c10-4-6-3-7-8-9(6)5-1-2-5/h3-5H,1-2H2. The third-order valence-electron chi connectivity index (χ3n) is 1.62. The Kier molecular flexibility index (Phi) is 1.06. The molecule has 0 unspecified atom stereocenters. The molecule has 0 radical (unpaired) electrons. The lowest BCUT2D eigenvalue weighted by Gasteiger charge is -1.94. The van der Waals surface area contributed by atoms with Crippen LogP contribution in [-0.2, 0) is 0 Å². The van der Waals surface area contributed by atoms with Crippen molar-refractivity contribution in [3.8, 4) is 0 Å². The van der Waals surface area contributed by atoms with Crippen LogP contribution in [0.2, 0.25) is 0 Å². The van der Waals surface area contributed by atoms with E-state index in [0.717, 1.165) is 19.1 Å². The summed E-state index contributed by atoms with van der Waals surface area (Å²) in [4.78, 5) is 10.3. The Labute approximate surface area is 57.8 Å². The summed E-state index contributed by atoms with van der Waals surface area (Å²) in [7, 11) is 0. The van der Waals surface area contributed by atoms with Crippen molar-refractivity contribution in [1.29, 1.82) is 0 Å². The molecule has 0 N–H and O–H groups in total. The van der Waals surface area contributed by atoms with Crippen LogP contribution in [-0.4, -0.2) is 21.3 Å². The lowest BCUT2D eigenvalue weighted by atomic mass is 10.5. The Morgan fingerprint density at radius 3 is 3.10 bits per heavy atom. The van der Waals surface area contributed by atoms with E-state index in [1.165, 1.54) is 6.20 Å². The van der Waals surface area contributed by atoms with Crippen molar-refractivity contribution in [2.45, 2.75) is 18.9 Å². The molecule has 0 aromatic carbocycles. The van der Waals surface area contributed by atoms with Gasteiger partial charge in [0, 0.05) is 0 Å². The summed E-state index contributed by atoms with van der Waals surface area (Å²) in [6.45, 7) is 0. The molecular weight excluding hydrogens is 130 g/mol. The molecule has 1 aliphatic rings. The quantitative estimate of drug-likeness (QED) is 0.555. The minimum absolute atomic E-state index is 0.447. The first-order valence-corrected chi connectivity index (χ1v) is 3.27. The van der Waals surface area contributed by atoms with Crippen molar-refractivity contribution in [3.63, 3.8) is 0 Å². The van der Waals surface area contributed by atoms with Crippen LogP contribution in [0.1, 0.15) is 29.4 Å². The maximum Gasteiger partial charge on any atom is 0.169 e. The monoisotopic (exact) mass is 137 g/mol. The summed E-state index contributed by atoms with van der Waals surface area (Å²) in [5.74, 6) is 0. The van der Waals surface area contributed by atoms with Crippen LogP contribution in [0.3, 0.4) is 0 Å². The van der Waals surface area contributed by atoms with Crippen LogP contribution in [0.4, 0.5) is 0 Å². The van der Waals surface area contributed by atoms with Crippen LogP contribution < -0.4 is 0 Å². The molecule has 52 valence electrons. The van der Waals surface area contributed by atoms with Crippen molar-refractivity contribution >= 4 is 6.29 Å². The highest BCUT2D eigenvalue weighted by Crippen LogP contribution is 2.34. The molecule has 1 aromatic heterocycles. The highest BCUT2D eigenvalue weighted by atomic mass is 16.1. The minimum atomic E-state index is 0.447. The van der Waals surface area contributed by atoms with Gasteiger partial charge in [0.05, 0.1) is 12.2 Å². The van der Waals surface area contributed by atoms with Crippen LogP contribution >= 0.6 is 0 Å². The Bertz CT molecular complexity index is 251. The number of hydrogen-bond donors (Lipinski definition) is 0. The van der Waals surface area contributed by atoms with Gasteiger partial charge >= 0.3 is 0 Å². The first-order chi connectivity index (χ1) is 4.92. The summed E-state index contributed by atoms with van der Waals surface area (Å²) in [6.07, 6.45) is 4.54. The van der Waals surface area contributed by atoms with Gasteiger partial charge in [0.1, 0.15) is 5.69 Å². The van der Waals surface area contributed by atoms with Gasteiger partial charge in [0.25, 0.3) is 0 Å². The molecule has 1 fully saturated rings. The second-order valence-corrected chi connectivity index (χ2v) is 2.45. The zero-order chi connectivity index (χ0) is 6.97. The van der Waals surface area contributed by atoms with Crippen molar-refractivity contribution in [3.05, 3.63) is 11.9 Å². The maximum atomic E-state index is 10.3. The van der Waals surface area contributed by atoms with Gasteiger partial charge < -0.3 is 0 Å². The average molecular weight is 137 g/mol. The Hall–Kier alpha value is -1.19. The highest BCUT2D eigenvalue weighted by Gasteiger charge is 2.26. The first-order valence-electron chi connectivity index (χ1n) is 3.27. The number of aldehydes is 1. The number of carbonyl (C=O) groups is 1. The predicted molar refractivity (Wildman–Crippen MR) is 33.7 cm³/mol. The molecule has 0 saturated heterocycles. The Morgan fingerprint density at radius 1 is 1.70 bits per heavy atom. The predicted octanol–water partition coefficient (Wildman–Crippen LogP) is 0.425. The first kappa shape index (κ1) is 5.58. The molecule has 1 aliphatic carbocycles. The largest absolute Gasteiger partial charge is 0.296 e. The van der Waals surface area contributed by atoms with Crippen LogP contribution in [0.25, 0.3) is 0 Å². The van der Waals surface area contributed by atoms with Crippen molar-refractivity contribution in [1.82, 2.24) is 15.0 Å². The summed E-state index contributed by atoms with van der Waals surface area (Å²) in [5, 5.41) is 7.42. The van der Waals surface area contributed by atoms with Crippen molar-refractivity contribution in [2.24, 2.45) is 0 Å². The Morgan fingerprint density at radius 2 is 2.50 bits per heavy atom. The van der Waals surface area contributed by atoms with Gasteiger partial charge in [-0.1, -0.05) is 5.21 Å². The fraction of sp³-hybridized carbons (Fsp3) is 0.500. The van der Waals surface area contributed by atoms with Crippen LogP contribution in [0.5, 0.6) is 0 Å². The molecule has 1 heterocycles. The number of nitrogens with zero attached hydrogens (tertiary/aromatic N) is 3. The molecule has 0 amide bonds. The van der Waals surface area contributed by atoms with Gasteiger partial charge in [-0.3, -0.25) is 4.79 Å². The molecule has 4 nitrogen and oxygen atoms in total. The molecule has 0 bridgehead atoms. The lowest BCUT2D eigenvalue weighted by molar-refractivity contribution is 0.111. The maximum absolute atomic E-state index is 10.3. The van der Waals surface area contributed by atoms with Gasteiger partial charge in [-0.25, -0.2) is 4.68 Å². The highest BCUT2D eigenvalue weighted by molar-refractivity contribution is 5.71. The third-order valence-corrected chi connectivity index (χ3v) is 1.62. The second-order valence-electron chi connectivity index (χ2n) is 2.45. The van der Waals surface area contributed by atoms with E-state index in [9.17, 15) is 4.79 Å². The number of rotatable bonds is 2. The zero-order valence-corrected chi connectivity index (χ0v) is 5.40. The molecule has 0 spiro atoms. The topological polar surface area (TPSA) is 47.8 Å². The second kappa shape index (κ2) is 1.90. The van der Waals surface area contributed by atoms with Gasteiger partial charge in [-0.15, -0.1) is 5.10 Å². The van der Waals surface area contributed by atoms with E-state index in [-0.39, 0.29) is 0 Å². The SMILES string of the molecule is O=Cc1cnnn1C1CC1. The smallest absolute Gasteiger partial charge is 0.169 e. The van der Waals surface area contributed by atoms with E-state index in [2.05, 4.69) is 10.3 Å². The molecule has 1 saturated carbocycles. The summed E-state index contributed by atoms with van der Waals surface area (Å²) in [6, 6.07) is 0.447. The van der Waals surface area contributed by atoms with Crippen LogP contribution in [0, 0.1) is 0 Å². The fourth-order valence-corrected chi connectivity index (χ4v) is 0.939. The van der Waals surface area contributed by atoms with E-state index in [0.29, 0.717) is 11.7 Å². The fourth-order valence-electron chi connectivity index (χ4n) is 0.939. The normalized spacial score (nSPS) is 17.2.